The van der Waals surface area contributed by atoms with Gasteiger partial charge in [-0.15, -0.1) is 24.0 Å². The maximum atomic E-state index is 5.45. The number of rotatable bonds is 12. The summed E-state index contributed by atoms with van der Waals surface area (Å²) in [4.78, 5) is 4.26. The number of halogens is 1. The fraction of sp³-hybridized carbons (Fsp3) is 0.500. The second-order valence-electron chi connectivity index (χ2n) is 6.11. The lowest BCUT2D eigenvalue weighted by atomic mass is 10.1. The molecule has 1 aromatic heterocycles. The molecule has 28 heavy (non-hydrogen) atoms. The van der Waals surface area contributed by atoms with Crippen LogP contribution in [-0.2, 0) is 15.9 Å². The molecule has 0 saturated heterocycles. The molecule has 0 bridgehead atoms. The van der Waals surface area contributed by atoms with Crippen LogP contribution in [0.3, 0.4) is 0 Å². The van der Waals surface area contributed by atoms with Gasteiger partial charge in [0.2, 0.25) is 0 Å². The van der Waals surface area contributed by atoms with Gasteiger partial charge in [0.15, 0.2) is 5.96 Å². The first-order valence-electron chi connectivity index (χ1n) is 9.43. The van der Waals surface area contributed by atoms with Gasteiger partial charge < -0.3 is 20.1 Å². The first-order chi connectivity index (χ1) is 13.3. The second-order valence-corrected chi connectivity index (χ2v) is 6.11. The third-order valence-corrected chi connectivity index (χ3v) is 4.07. The van der Waals surface area contributed by atoms with Crippen LogP contribution in [-0.4, -0.2) is 62.8 Å². The van der Waals surface area contributed by atoms with E-state index in [-0.39, 0.29) is 24.0 Å². The van der Waals surface area contributed by atoms with Crippen LogP contribution < -0.4 is 10.6 Å². The highest BCUT2D eigenvalue weighted by Crippen LogP contribution is 2.08. The quantitative estimate of drug-likeness (QED) is 0.203. The zero-order chi connectivity index (χ0) is 19.2. The van der Waals surface area contributed by atoms with E-state index in [1.54, 1.807) is 20.4 Å². The minimum absolute atomic E-state index is 0. The average molecular weight is 501 g/mol. The zero-order valence-corrected chi connectivity index (χ0v) is 19.1. The van der Waals surface area contributed by atoms with Gasteiger partial charge >= 0.3 is 0 Å². The molecule has 2 N–H and O–H groups in total. The van der Waals surface area contributed by atoms with Crippen LogP contribution in [0.15, 0.2) is 47.7 Å². The number of nitrogens with zero attached hydrogens (tertiary/aromatic N) is 3. The van der Waals surface area contributed by atoms with Gasteiger partial charge in [0.1, 0.15) is 0 Å². The van der Waals surface area contributed by atoms with E-state index >= 15 is 0 Å². The SMILES string of the molecule is CN=C(NCCCCOCCOC)NCCc1ccc(-n2cccn2)cc1.I. The van der Waals surface area contributed by atoms with Crippen molar-refractivity contribution in [1.82, 2.24) is 20.4 Å². The monoisotopic (exact) mass is 501 g/mol. The lowest BCUT2D eigenvalue weighted by molar-refractivity contribution is 0.0689. The summed E-state index contributed by atoms with van der Waals surface area (Å²) in [6.07, 6.45) is 6.73. The summed E-state index contributed by atoms with van der Waals surface area (Å²) in [5.41, 5.74) is 2.35. The third-order valence-electron chi connectivity index (χ3n) is 4.07. The predicted octanol–water partition coefficient (Wildman–Crippen LogP) is 2.64. The molecule has 1 aromatic carbocycles. The van der Waals surface area contributed by atoms with Crippen LogP contribution in [0.25, 0.3) is 5.69 Å². The Balaban J connectivity index is 0.00000392. The molecule has 0 aliphatic heterocycles. The molecule has 0 radical (unpaired) electrons. The molecule has 7 nitrogen and oxygen atoms in total. The van der Waals surface area contributed by atoms with Crippen molar-refractivity contribution in [3.63, 3.8) is 0 Å². The summed E-state index contributed by atoms with van der Waals surface area (Å²) in [5, 5.41) is 10.9. The molecular weight excluding hydrogens is 469 g/mol. The summed E-state index contributed by atoms with van der Waals surface area (Å²) in [6.45, 7) is 3.80. The van der Waals surface area contributed by atoms with Crippen LogP contribution in [0.1, 0.15) is 18.4 Å². The zero-order valence-electron chi connectivity index (χ0n) is 16.8. The predicted molar refractivity (Wildman–Crippen MR) is 124 cm³/mol. The van der Waals surface area contributed by atoms with Crippen molar-refractivity contribution in [1.29, 1.82) is 0 Å². The average Bonchev–Trinajstić information content (AvgIpc) is 3.24. The molecule has 0 aliphatic rings. The Labute approximate surface area is 184 Å². The van der Waals surface area contributed by atoms with E-state index in [4.69, 9.17) is 9.47 Å². The Bertz CT molecular complexity index is 647. The van der Waals surface area contributed by atoms with Crippen LogP contribution in [0, 0.1) is 0 Å². The van der Waals surface area contributed by atoms with E-state index in [0.29, 0.717) is 13.2 Å². The van der Waals surface area contributed by atoms with Gasteiger partial charge in [-0.2, -0.15) is 5.10 Å². The summed E-state index contributed by atoms with van der Waals surface area (Å²) >= 11 is 0. The number of ether oxygens (including phenoxy) is 2. The smallest absolute Gasteiger partial charge is 0.190 e. The van der Waals surface area contributed by atoms with Crippen molar-refractivity contribution in [3.8, 4) is 5.69 Å². The highest BCUT2D eigenvalue weighted by molar-refractivity contribution is 14.0. The fourth-order valence-electron chi connectivity index (χ4n) is 2.56. The number of hydrogen-bond acceptors (Lipinski definition) is 4. The Morgan fingerprint density at radius 3 is 2.54 bits per heavy atom. The summed E-state index contributed by atoms with van der Waals surface area (Å²) in [6, 6.07) is 10.4. The van der Waals surface area contributed by atoms with E-state index in [1.165, 1.54) is 5.56 Å². The van der Waals surface area contributed by atoms with Crippen molar-refractivity contribution in [2.45, 2.75) is 19.3 Å². The van der Waals surface area contributed by atoms with Crippen LogP contribution in [0.2, 0.25) is 0 Å². The number of aromatic nitrogens is 2. The molecule has 0 spiro atoms. The molecule has 0 aliphatic carbocycles. The molecule has 0 unspecified atom stereocenters. The third kappa shape index (κ3) is 9.52. The molecule has 0 fully saturated rings. The van der Waals surface area contributed by atoms with Crippen molar-refractivity contribution < 1.29 is 9.47 Å². The summed E-state index contributed by atoms with van der Waals surface area (Å²) in [5.74, 6) is 0.837. The standard InChI is InChI=1S/C20H31N5O2.HI/c1-21-20(22-11-3-4-15-27-17-16-26-2)23-13-10-18-6-8-19(9-7-18)25-14-5-12-24-25;/h5-9,12,14H,3-4,10-11,13,15-17H2,1-2H3,(H2,21,22,23);1H. The van der Waals surface area contributed by atoms with Crippen molar-refractivity contribution in [3.05, 3.63) is 48.3 Å². The first-order valence-corrected chi connectivity index (χ1v) is 9.43. The molecule has 0 atom stereocenters. The Morgan fingerprint density at radius 2 is 1.86 bits per heavy atom. The number of nitrogens with one attached hydrogen (secondary N) is 2. The number of benzene rings is 1. The summed E-state index contributed by atoms with van der Waals surface area (Å²) in [7, 11) is 3.48. The lowest BCUT2D eigenvalue weighted by Gasteiger charge is -2.12. The van der Waals surface area contributed by atoms with Gasteiger partial charge in [0.25, 0.3) is 0 Å². The van der Waals surface area contributed by atoms with Gasteiger partial charge in [0.05, 0.1) is 18.9 Å². The highest BCUT2D eigenvalue weighted by Gasteiger charge is 2.00. The summed E-state index contributed by atoms with van der Waals surface area (Å²) < 4.78 is 12.2. The van der Waals surface area contributed by atoms with Crippen LogP contribution in [0.5, 0.6) is 0 Å². The minimum atomic E-state index is 0. The van der Waals surface area contributed by atoms with E-state index in [1.807, 2.05) is 16.9 Å². The van der Waals surface area contributed by atoms with Gasteiger partial charge in [-0.25, -0.2) is 4.68 Å². The van der Waals surface area contributed by atoms with Crippen molar-refractivity contribution in [2.75, 3.05) is 47.1 Å². The first kappa shape index (κ1) is 24.4. The number of methoxy groups -OCH3 is 1. The highest BCUT2D eigenvalue weighted by atomic mass is 127. The van der Waals surface area contributed by atoms with Gasteiger partial charge in [-0.1, -0.05) is 12.1 Å². The second kappa shape index (κ2) is 15.3. The fourth-order valence-corrected chi connectivity index (χ4v) is 2.56. The molecule has 8 heteroatoms. The van der Waals surface area contributed by atoms with E-state index in [0.717, 1.165) is 50.6 Å². The molecule has 0 saturated carbocycles. The van der Waals surface area contributed by atoms with Gasteiger partial charge in [0, 0.05) is 46.2 Å². The van der Waals surface area contributed by atoms with Gasteiger partial charge in [-0.3, -0.25) is 4.99 Å². The molecule has 1 heterocycles. The van der Waals surface area contributed by atoms with Crippen LogP contribution >= 0.6 is 24.0 Å². The van der Waals surface area contributed by atoms with E-state index < -0.39 is 0 Å². The number of unbranched alkanes of at least 4 members (excludes halogenated alkanes) is 1. The minimum Gasteiger partial charge on any atom is -0.382 e. The Kier molecular flexibility index (Phi) is 13.3. The number of guanidine groups is 1. The Hall–Kier alpha value is -1.65. The number of hydrogen-bond donors (Lipinski definition) is 2. The maximum Gasteiger partial charge on any atom is 0.190 e. The normalized spacial score (nSPS) is 11.1. The molecule has 2 rings (SSSR count). The topological polar surface area (TPSA) is 72.7 Å². The van der Waals surface area contributed by atoms with Gasteiger partial charge in [-0.05, 0) is 43.0 Å². The molecular formula is C20H32IN5O2. The maximum absolute atomic E-state index is 5.45. The van der Waals surface area contributed by atoms with Crippen LogP contribution in [0.4, 0.5) is 0 Å². The Morgan fingerprint density at radius 1 is 1.07 bits per heavy atom. The molecule has 0 amide bonds. The molecule has 156 valence electrons. The lowest BCUT2D eigenvalue weighted by Crippen LogP contribution is -2.38. The van der Waals surface area contributed by atoms with Crippen molar-refractivity contribution >= 4 is 29.9 Å². The number of aliphatic imine (C=N–C) groups is 1. The molecule has 2 aromatic rings. The largest absolute Gasteiger partial charge is 0.382 e. The van der Waals surface area contributed by atoms with Crippen molar-refractivity contribution in [2.24, 2.45) is 4.99 Å². The van der Waals surface area contributed by atoms with E-state index in [2.05, 4.69) is 45.0 Å². The van der Waals surface area contributed by atoms with E-state index in [9.17, 15) is 0 Å².